The first-order valence-electron chi connectivity index (χ1n) is 29.9. The zero-order valence-corrected chi connectivity index (χ0v) is 52.9. The van der Waals surface area contributed by atoms with Crippen LogP contribution in [0.2, 0.25) is 0 Å². The second kappa shape index (κ2) is 41.2. The number of hydrogen-bond donors (Lipinski definition) is 11. The Morgan fingerprint density at radius 2 is 1.04 bits per heavy atom. The molecule has 502 valence electrons. The minimum atomic E-state index is -1.70. The number of ether oxygens (including phenoxy) is 1. The van der Waals surface area contributed by atoms with E-state index in [1.807, 2.05) is 34.6 Å². The molecule has 1 fully saturated rings. The molecule has 6 amide bonds. The quantitative estimate of drug-likeness (QED) is 0.0385. The van der Waals surface area contributed by atoms with Gasteiger partial charge in [0.25, 0.3) is 0 Å². The van der Waals surface area contributed by atoms with Crippen LogP contribution in [0.5, 0.6) is 0 Å². The predicted octanol–water partition coefficient (Wildman–Crippen LogP) is 1.60. The van der Waals surface area contributed by atoms with Gasteiger partial charge in [-0.05, 0) is 75.4 Å². The summed E-state index contributed by atoms with van der Waals surface area (Å²) in [5.74, 6) is -17.8. The summed E-state index contributed by atoms with van der Waals surface area (Å²) in [6.45, 7) is 11.0. The maximum Gasteiger partial charge on any atom is 0.303 e. The molecule has 0 bridgehead atoms. The molecule has 0 aliphatic carbocycles. The van der Waals surface area contributed by atoms with Crippen LogP contribution in [-0.4, -0.2) is 199 Å². The van der Waals surface area contributed by atoms with Gasteiger partial charge in [0.15, 0.2) is 23.1 Å². The van der Waals surface area contributed by atoms with Crippen LogP contribution < -0.4 is 32.3 Å². The Morgan fingerprint density at radius 3 is 1.55 bits per heavy atom. The molecule has 12 N–H and O–H groups in total. The van der Waals surface area contributed by atoms with Gasteiger partial charge in [0, 0.05) is 114 Å². The Labute approximate surface area is 522 Å². The van der Waals surface area contributed by atoms with Crippen LogP contribution in [0.4, 0.5) is 0 Å². The number of nitrogens with two attached hydrogens (primary N) is 1. The number of hydrogen-bond acceptors (Lipinski definition) is 19. The zero-order valence-electron chi connectivity index (χ0n) is 52.1. The number of aliphatic carboxylic acids is 5. The molecule has 0 unspecified atom stereocenters. The summed E-state index contributed by atoms with van der Waals surface area (Å²) in [6.07, 6.45) is -5.57. The fraction of sp³-hybridized carbons (Fsp3) is 0.729. The van der Waals surface area contributed by atoms with Gasteiger partial charge >= 0.3 is 29.8 Å². The molecular formula is C59H93N7O22S. The molecule has 0 aromatic rings. The molecule has 0 radical (unpaired) electrons. The van der Waals surface area contributed by atoms with Gasteiger partial charge in [-0.15, -0.1) is 0 Å². The van der Waals surface area contributed by atoms with E-state index in [9.17, 15) is 97.1 Å². The number of carboxylic acid groups (broad SMARTS) is 5. The van der Waals surface area contributed by atoms with Gasteiger partial charge in [0.2, 0.25) is 35.4 Å². The minimum Gasteiger partial charge on any atom is -0.481 e. The number of amides is 6. The number of carbonyl (C=O) groups is 16. The van der Waals surface area contributed by atoms with E-state index in [0.717, 1.165) is 0 Å². The topological polar surface area (TPSA) is 473 Å². The lowest BCUT2D eigenvalue weighted by Crippen LogP contribution is -2.52. The highest BCUT2D eigenvalue weighted by Crippen LogP contribution is 2.22. The van der Waals surface area contributed by atoms with Crippen LogP contribution in [0.1, 0.15) is 170 Å². The van der Waals surface area contributed by atoms with Crippen molar-refractivity contribution in [2.45, 2.75) is 206 Å². The number of carbonyl (C=O) groups excluding carboxylic acids is 11. The highest BCUT2D eigenvalue weighted by Gasteiger charge is 2.38. The van der Waals surface area contributed by atoms with Crippen molar-refractivity contribution in [2.75, 3.05) is 38.3 Å². The smallest absolute Gasteiger partial charge is 0.303 e. The fourth-order valence-corrected chi connectivity index (χ4v) is 10.0. The molecule has 1 aliphatic rings. The third-order valence-corrected chi connectivity index (χ3v) is 15.1. The maximum absolute atomic E-state index is 13.9. The molecule has 1 rings (SSSR count). The first-order valence-corrected chi connectivity index (χ1v) is 31.3. The molecule has 9 atom stereocenters. The highest BCUT2D eigenvalue weighted by molar-refractivity contribution is 7.98. The second-order valence-corrected chi connectivity index (χ2v) is 25.0. The van der Waals surface area contributed by atoms with Crippen molar-refractivity contribution in [3.63, 3.8) is 0 Å². The lowest BCUT2D eigenvalue weighted by Gasteiger charge is -2.27. The van der Waals surface area contributed by atoms with E-state index in [-0.39, 0.29) is 93.3 Å². The van der Waals surface area contributed by atoms with Gasteiger partial charge in [-0.2, -0.15) is 11.8 Å². The average molecular weight is 1280 g/mol. The van der Waals surface area contributed by atoms with Crippen LogP contribution in [0.25, 0.3) is 0 Å². The molecule has 1 saturated heterocycles. The number of nitrogens with one attached hydrogen (secondary N) is 5. The fourth-order valence-electron chi connectivity index (χ4n) is 9.44. The third-order valence-electron chi connectivity index (χ3n) is 14.5. The Kier molecular flexibility index (Phi) is 36.9. The number of thioether (sulfide) groups is 1. The summed E-state index contributed by atoms with van der Waals surface area (Å²) in [6, 6.07) is -7.47. The van der Waals surface area contributed by atoms with Gasteiger partial charge in [-0.25, -0.2) is 0 Å². The van der Waals surface area contributed by atoms with Crippen LogP contribution in [0.3, 0.4) is 0 Å². The SMILES string of the molecule is CSC[C@H](NC(=O)CCC(=O)[C@H](CC(C)C)NC(=O)[C@@H]1CCCN1C(=O)COCCCC(=O)[C@@H](CCC(=O)O)NC(=O)[C@@H](CCC(=O)O)CC(=O)[C@@H](CCC(=O)O)NC(=O)[C@@H](CCC(=O)O)CC(=O)[C@H](N)CCC(=O)O)C(=O)C[C@@H](C)C(=O)NCC(C)(C)C. The van der Waals surface area contributed by atoms with E-state index >= 15 is 0 Å². The lowest BCUT2D eigenvalue weighted by atomic mass is 9.89. The molecule has 1 aliphatic heterocycles. The van der Waals surface area contributed by atoms with Gasteiger partial charge in [0.05, 0.1) is 30.2 Å². The molecule has 29 nitrogen and oxygen atoms in total. The first-order chi connectivity index (χ1) is 41.5. The highest BCUT2D eigenvalue weighted by atomic mass is 32.2. The molecule has 0 aromatic heterocycles. The molecule has 0 spiro atoms. The largest absolute Gasteiger partial charge is 0.481 e. The number of rotatable bonds is 48. The summed E-state index contributed by atoms with van der Waals surface area (Å²) in [5, 5.41) is 59.7. The summed E-state index contributed by atoms with van der Waals surface area (Å²) in [5.41, 5.74) is 5.64. The van der Waals surface area contributed by atoms with Crippen molar-refractivity contribution in [3.8, 4) is 0 Å². The molecule has 30 heteroatoms. The summed E-state index contributed by atoms with van der Waals surface area (Å²) >= 11 is 1.32. The van der Waals surface area contributed by atoms with Crippen molar-refractivity contribution < 1.29 is 107 Å². The van der Waals surface area contributed by atoms with Crippen molar-refractivity contribution in [1.29, 1.82) is 0 Å². The second-order valence-electron chi connectivity index (χ2n) is 24.1. The first kappa shape index (κ1) is 79.8. The van der Waals surface area contributed by atoms with Gasteiger partial charge in [0.1, 0.15) is 18.4 Å². The Morgan fingerprint density at radius 1 is 0.562 bits per heavy atom. The lowest BCUT2D eigenvalue weighted by molar-refractivity contribution is -0.142. The molecule has 89 heavy (non-hydrogen) atoms. The number of carboxylic acids is 5. The third kappa shape index (κ3) is 33.8. The standard InChI is InChI=1S/C59H93N7O22S/c1-33(2)26-40(44(68)17-18-48(72)62-41(31-89-7)46(70)27-34(3)55(84)61-32-59(4,5)6)65-58(87)42-10-8-24-66(42)49(73)30-88-25-9-11-43(67)38(15-22-53(80)81)63-57(86)36(13-20-51(76)77)29-47(71)39(16-23-54(82)83)64-56(85)35(12-19-50(74)75)28-45(69)37(60)14-21-52(78)79/h33-42H,8-32,60H2,1-7H3,(H,61,84)(H,62,72)(H,63,86)(H,64,85)(H,65,87)(H,74,75)(H,76,77)(H,78,79)(H,80,81)(H,82,83)/t34-,35+,36+,37-,38-,39-,40+,41+,42+/m1/s1. The van der Waals surface area contributed by atoms with Gasteiger partial charge in [-0.1, -0.05) is 41.5 Å². The number of ketones is 5. The zero-order chi connectivity index (χ0) is 67.7. The van der Waals surface area contributed by atoms with Crippen molar-refractivity contribution >= 4 is 106 Å². The monoisotopic (exact) mass is 1280 g/mol. The average Bonchev–Trinajstić information content (AvgIpc) is 3.62. The molecule has 1 heterocycles. The summed E-state index contributed by atoms with van der Waals surface area (Å²) in [4.78, 5) is 206. The van der Waals surface area contributed by atoms with Gasteiger partial charge in [-0.3, -0.25) is 76.7 Å². The van der Waals surface area contributed by atoms with Crippen molar-refractivity contribution in [2.24, 2.45) is 34.8 Å². The normalized spacial score (nSPS) is 15.8. The van der Waals surface area contributed by atoms with E-state index < -0.39 is 214 Å². The van der Waals surface area contributed by atoms with E-state index in [4.69, 9.17) is 15.6 Å². The Hall–Kier alpha value is -7.21. The summed E-state index contributed by atoms with van der Waals surface area (Å²) in [7, 11) is 0. The van der Waals surface area contributed by atoms with E-state index in [1.165, 1.54) is 16.7 Å². The molecule has 0 aromatic carbocycles. The van der Waals surface area contributed by atoms with Crippen LogP contribution in [0, 0.1) is 29.1 Å². The number of likely N-dealkylation sites (tertiary alicyclic amines) is 1. The van der Waals surface area contributed by atoms with E-state index in [0.29, 0.717) is 13.0 Å². The molecule has 0 saturated carbocycles. The number of Topliss-reactive ketones (excluding diaryl/α,β-unsaturated/α-hetero) is 5. The Balaban J connectivity index is 3.08. The van der Waals surface area contributed by atoms with Crippen LogP contribution in [0.15, 0.2) is 0 Å². The maximum atomic E-state index is 13.9. The van der Waals surface area contributed by atoms with E-state index in [1.54, 1.807) is 13.2 Å². The predicted molar refractivity (Wildman–Crippen MR) is 319 cm³/mol. The van der Waals surface area contributed by atoms with Crippen molar-refractivity contribution in [3.05, 3.63) is 0 Å². The minimum absolute atomic E-state index is 0.0734. The van der Waals surface area contributed by atoms with Gasteiger partial charge < -0.3 is 67.5 Å². The molecular weight excluding hydrogens is 1190 g/mol. The van der Waals surface area contributed by atoms with Crippen LogP contribution >= 0.6 is 11.8 Å². The number of nitrogens with zero attached hydrogens (tertiary/aromatic N) is 1. The van der Waals surface area contributed by atoms with E-state index in [2.05, 4.69) is 26.6 Å². The van der Waals surface area contributed by atoms with Crippen LogP contribution in [-0.2, 0) is 81.4 Å². The van der Waals surface area contributed by atoms with Crippen molar-refractivity contribution in [1.82, 2.24) is 31.5 Å². The summed E-state index contributed by atoms with van der Waals surface area (Å²) < 4.78 is 5.57. The Bertz CT molecular complexity index is 2500.